The molecule has 0 unspecified atom stereocenters. The summed E-state index contributed by atoms with van der Waals surface area (Å²) in [7, 11) is 0. The zero-order chi connectivity index (χ0) is 11.3. The SMILES string of the molecule is Oc1c(Br)cc2[nH]c3cccnc3c2c1Br. The summed E-state index contributed by atoms with van der Waals surface area (Å²) in [6, 6.07) is 5.68. The summed E-state index contributed by atoms with van der Waals surface area (Å²) >= 11 is 6.70. The predicted molar refractivity (Wildman–Crippen MR) is 70.7 cm³/mol. The molecule has 0 saturated carbocycles. The Morgan fingerprint density at radius 2 is 2.06 bits per heavy atom. The quantitative estimate of drug-likeness (QED) is 0.650. The minimum absolute atomic E-state index is 0.194. The number of nitrogens with one attached hydrogen (secondary N) is 1. The van der Waals surface area contributed by atoms with Crippen LogP contribution in [0.25, 0.3) is 21.9 Å². The Hall–Kier alpha value is -1.07. The van der Waals surface area contributed by atoms with Gasteiger partial charge in [-0.05, 0) is 50.1 Å². The van der Waals surface area contributed by atoms with Crippen molar-refractivity contribution in [2.45, 2.75) is 0 Å². The van der Waals surface area contributed by atoms with Gasteiger partial charge in [-0.2, -0.15) is 0 Å². The van der Waals surface area contributed by atoms with Gasteiger partial charge in [0.2, 0.25) is 0 Å². The Kier molecular flexibility index (Phi) is 2.19. The van der Waals surface area contributed by atoms with E-state index < -0.39 is 0 Å². The second kappa shape index (κ2) is 3.46. The van der Waals surface area contributed by atoms with Crippen LogP contribution in [0.4, 0.5) is 0 Å². The number of fused-ring (bicyclic) bond motifs is 3. The van der Waals surface area contributed by atoms with Crippen LogP contribution in [0.5, 0.6) is 5.75 Å². The molecule has 3 aromatic rings. The van der Waals surface area contributed by atoms with Gasteiger partial charge in [-0.3, -0.25) is 4.98 Å². The number of H-pyrrole nitrogens is 1. The lowest BCUT2D eigenvalue weighted by atomic mass is 10.2. The monoisotopic (exact) mass is 340 g/mol. The van der Waals surface area contributed by atoms with Crippen LogP contribution in [0, 0.1) is 0 Å². The summed E-state index contributed by atoms with van der Waals surface area (Å²) in [6.07, 6.45) is 1.74. The number of pyridine rings is 1. The van der Waals surface area contributed by atoms with Crippen LogP contribution in [0.3, 0.4) is 0 Å². The van der Waals surface area contributed by atoms with E-state index in [9.17, 15) is 5.11 Å². The zero-order valence-electron chi connectivity index (χ0n) is 7.96. The van der Waals surface area contributed by atoms with Crippen molar-refractivity contribution < 1.29 is 5.11 Å². The van der Waals surface area contributed by atoms with Gasteiger partial charge in [-0.15, -0.1) is 0 Å². The number of aromatic hydroxyl groups is 1. The van der Waals surface area contributed by atoms with Gasteiger partial charge in [0.1, 0.15) is 5.75 Å². The van der Waals surface area contributed by atoms with Crippen molar-refractivity contribution in [1.82, 2.24) is 9.97 Å². The topological polar surface area (TPSA) is 48.9 Å². The Morgan fingerprint density at radius 1 is 1.25 bits per heavy atom. The van der Waals surface area contributed by atoms with Crippen LogP contribution in [0.2, 0.25) is 0 Å². The normalized spacial score (nSPS) is 11.4. The van der Waals surface area contributed by atoms with Gasteiger partial charge in [0.25, 0.3) is 0 Å². The molecule has 16 heavy (non-hydrogen) atoms. The molecule has 0 fully saturated rings. The largest absolute Gasteiger partial charge is 0.506 e. The Labute approximate surface area is 108 Å². The molecule has 0 radical (unpaired) electrons. The highest BCUT2D eigenvalue weighted by atomic mass is 79.9. The zero-order valence-corrected chi connectivity index (χ0v) is 11.1. The lowest BCUT2D eigenvalue weighted by molar-refractivity contribution is 0.469. The number of aromatic amines is 1. The van der Waals surface area contributed by atoms with Gasteiger partial charge in [-0.1, -0.05) is 0 Å². The number of benzene rings is 1. The molecule has 0 spiro atoms. The molecule has 0 bridgehead atoms. The summed E-state index contributed by atoms with van der Waals surface area (Å²) in [5, 5.41) is 10.7. The maximum atomic E-state index is 9.85. The first-order valence-electron chi connectivity index (χ1n) is 4.62. The third kappa shape index (κ3) is 1.28. The molecule has 0 aliphatic rings. The molecule has 2 N–H and O–H groups in total. The average molecular weight is 342 g/mol. The Bertz CT molecular complexity index is 706. The summed E-state index contributed by atoms with van der Waals surface area (Å²) in [4.78, 5) is 7.57. The van der Waals surface area contributed by atoms with Gasteiger partial charge in [-0.25, -0.2) is 0 Å². The summed E-state index contributed by atoms with van der Waals surface area (Å²) < 4.78 is 1.31. The third-order valence-electron chi connectivity index (χ3n) is 2.51. The number of halogens is 2. The molecular weight excluding hydrogens is 336 g/mol. The van der Waals surface area contributed by atoms with Gasteiger partial charge in [0.05, 0.1) is 25.5 Å². The van der Waals surface area contributed by atoms with E-state index in [0.717, 1.165) is 21.9 Å². The fourth-order valence-electron chi connectivity index (χ4n) is 1.79. The van der Waals surface area contributed by atoms with Gasteiger partial charge in [0, 0.05) is 11.6 Å². The van der Waals surface area contributed by atoms with Crippen molar-refractivity contribution in [3.63, 3.8) is 0 Å². The minimum Gasteiger partial charge on any atom is -0.506 e. The summed E-state index contributed by atoms with van der Waals surface area (Å²) in [5.41, 5.74) is 2.74. The number of hydrogen-bond donors (Lipinski definition) is 2. The molecule has 80 valence electrons. The number of rotatable bonds is 0. The van der Waals surface area contributed by atoms with Crippen LogP contribution < -0.4 is 0 Å². The molecular formula is C11H6Br2N2O. The number of hydrogen-bond acceptors (Lipinski definition) is 2. The Balaban J connectivity index is 2.62. The Morgan fingerprint density at radius 3 is 2.88 bits per heavy atom. The molecule has 3 nitrogen and oxygen atoms in total. The highest BCUT2D eigenvalue weighted by molar-refractivity contribution is 9.11. The van der Waals surface area contributed by atoms with Gasteiger partial charge >= 0.3 is 0 Å². The molecule has 5 heteroatoms. The van der Waals surface area contributed by atoms with Crippen LogP contribution in [-0.4, -0.2) is 15.1 Å². The highest BCUT2D eigenvalue weighted by Crippen LogP contribution is 2.41. The maximum absolute atomic E-state index is 9.85. The van der Waals surface area contributed by atoms with E-state index in [1.165, 1.54) is 0 Å². The van der Waals surface area contributed by atoms with Crippen molar-refractivity contribution >= 4 is 53.8 Å². The van der Waals surface area contributed by atoms with E-state index in [1.807, 2.05) is 18.2 Å². The standard InChI is InChI=1S/C11H6Br2N2O/c12-5-4-7-8(9(13)11(5)16)10-6(15-7)2-1-3-14-10/h1-4,15-16H. The van der Waals surface area contributed by atoms with E-state index in [2.05, 4.69) is 41.8 Å². The maximum Gasteiger partial charge on any atom is 0.144 e. The van der Waals surface area contributed by atoms with Gasteiger partial charge in [0.15, 0.2) is 0 Å². The molecule has 0 aliphatic heterocycles. The third-order valence-corrected chi connectivity index (χ3v) is 3.88. The lowest BCUT2D eigenvalue weighted by Crippen LogP contribution is -1.76. The van der Waals surface area contributed by atoms with E-state index in [4.69, 9.17) is 0 Å². The molecule has 1 aromatic carbocycles. The summed E-state index contributed by atoms with van der Waals surface area (Å²) in [5.74, 6) is 0.194. The first-order valence-corrected chi connectivity index (χ1v) is 6.20. The number of phenols is 1. The van der Waals surface area contributed by atoms with Crippen molar-refractivity contribution in [1.29, 1.82) is 0 Å². The fraction of sp³-hybridized carbons (Fsp3) is 0. The average Bonchev–Trinajstić information content (AvgIpc) is 2.64. The van der Waals surface area contributed by atoms with Crippen molar-refractivity contribution in [2.24, 2.45) is 0 Å². The minimum atomic E-state index is 0.194. The van der Waals surface area contributed by atoms with Crippen molar-refractivity contribution in [3.05, 3.63) is 33.3 Å². The molecule has 2 heterocycles. The molecule has 0 amide bonds. The molecule has 3 rings (SSSR count). The van der Waals surface area contributed by atoms with Crippen molar-refractivity contribution in [3.8, 4) is 5.75 Å². The molecule has 2 aromatic heterocycles. The molecule has 0 atom stereocenters. The second-order valence-electron chi connectivity index (χ2n) is 3.47. The van der Waals surface area contributed by atoms with Crippen LogP contribution in [0.1, 0.15) is 0 Å². The van der Waals surface area contributed by atoms with E-state index in [1.54, 1.807) is 6.20 Å². The smallest absolute Gasteiger partial charge is 0.144 e. The van der Waals surface area contributed by atoms with Crippen LogP contribution >= 0.6 is 31.9 Å². The highest BCUT2D eigenvalue weighted by Gasteiger charge is 2.14. The van der Waals surface area contributed by atoms with E-state index in [0.29, 0.717) is 8.95 Å². The lowest BCUT2D eigenvalue weighted by Gasteiger charge is -2.01. The predicted octanol–water partition coefficient (Wildman–Crippen LogP) is 3.95. The van der Waals surface area contributed by atoms with Crippen LogP contribution in [0.15, 0.2) is 33.3 Å². The number of phenolic OH excluding ortho intramolecular Hbond substituents is 1. The van der Waals surface area contributed by atoms with Crippen LogP contribution in [-0.2, 0) is 0 Å². The fourth-order valence-corrected chi connectivity index (χ4v) is 3.10. The number of aromatic nitrogens is 2. The first kappa shape index (κ1) is 10.1. The number of nitrogens with zero attached hydrogens (tertiary/aromatic N) is 1. The second-order valence-corrected chi connectivity index (χ2v) is 5.12. The van der Waals surface area contributed by atoms with E-state index in [-0.39, 0.29) is 5.75 Å². The van der Waals surface area contributed by atoms with Crippen molar-refractivity contribution in [2.75, 3.05) is 0 Å². The van der Waals surface area contributed by atoms with E-state index >= 15 is 0 Å². The van der Waals surface area contributed by atoms with Gasteiger partial charge < -0.3 is 10.1 Å². The molecule has 0 aliphatic carbocycles. The first-order chi connectivity index (χ1) is 7.68. The molecule has 0 saturated heterocycles. The summed E-state index contributed by atoms with van der Waals surface area (Å²) in [6.45, 7) is 0.